The molecule has 3 rings (SSSR count). The number of benzene rings is 2. The first-order chi connectivity index (χ1) is 11.2. The molecule has 1 aliphatic rings. The van der Waals surface area contributed by atoms with Gasteiger partial charge in [-0.15, -0.1) is 0 Å². The molecule has 0 aromatic heterocycles. The highest BCUT2D eigenvalue weighted by atomic mass is 16.5. The monoisotopic (exact) mass is 308 g/mol. The van der Waals surface area contributed by atoms with Crippen LogP contribution in [0.4, 0.5) is 0 Å². The van der Waals surface area contributed by atoms with Crippen LogP contribution in [0, 0.1) is 5.41 Å². The minimum Gasteiger partial charge on any atom is -0.497 e. The van der Waals surface area contributed by atoms with Crippen molar-refractivity contribution in [3.63, 3.8) is 0 Å². The minimum atomic E-state index is -0.556. The molecule has 0 saturated heterocycles. The average molecular weight is 308 g/mol. The summed E-state index contributed by atoms with van der Waals surface area (Å²) < 4.78 is 10.2. The van der Waals surface area contributed by atoms with Gasteiger partial charge in [0.25, 0.3) is 0 Å². The van der Waals surface area contributed by atoms with Crippen molar-refractivity contribution in [3.8, 4) is 5.75 Å². The van der Waals surface area contributed by atoms with E-state index in [0.29, 0.717) is 0 Å². The third-order valence-electron chi connectivity index (χ3n) is 4.46. The zero-order valence-corrected chi connectivity index (χ0v) is 13.4. The zero-order valence-electron chi connectivity index (χ0n) is 13.4. The van der Waals surface area contributed by atoms with Crippen molar-refractivity contribution in [2.75, 3.05) is 14.2 Å². The maximum absolute atomic E-state index is 12.3. The quantitative estimate of drug-likeness (QED) is 0.782. The number of carbonyl (C=O) groups excluding carboxylic acids is 1. The molecule has 1 aliphatic carbocycles. The molecule has 2 aromatic rings. The van der Waals surface area contributed by atoms with E-state index in [1.807, 2.05) is 66.7 Å². The number of hydrogen-bond acceptors (Lipinski definition) is 3. The molecule has 0 amide bonds. The molecular weight excluding hydrogens is 288 g/mol. The Hall–Kier alpha value is -2.55. The van der Waals surface area contributed by atoms with E-state index in [0.717, 1.165) is 23.3 Å². The molecule has 2 aromatic carbocycles. The van der Waals surface area contributed by atoms with Crippen LogP contribution in [0.5, 0.6) is 5.75 Å². The van der Waals surface area contributed by atoms with E-state index >= 15 is 0 Å². The van der Waals surface area contributed by atoms with Crippen LogP contribution in [0.15, 0.2) is 60.7 Å². The summed E-state index contributed by atoms with van der Waals surface area (Å²) in [6.07, 6.45) is 4.76. The van der Waals surface area contributed by atoms with E-state index in [-0.39, 0.29) is 11.9 Å². The minimum absolute atomic E-state index is 0.154. The molecule has 118 valence electrons. The summed E-state index contributed by atoms with van der Waals surface area (Å²) in [5.74, 6) is 0.796. The first-order valence-corrected chi connectivity index (χ1v) is 7.66. The van der Waals surface area contributed by atoms with E-state index < -0.39 is 5.41 Å². The maximum Gasteiger partial charge on any atom is 0.316 e. The lowest BCUT2D eigenvalue weighted by molar-refractivity contribution is -0.145. The van der Waals surface area contributed by atoms with Crippen LogP contribution in [0.2, 0.25) is 0 Å². The van der Waals surface area contributed by atoms with E-state index in [9.17, 15) is 4.79 Å². The Balaban J connectivity index is 1.85. The van der Waals surface area contributed by atoms with Crippen LogP contribution >= 0.6 is 0 Å². The summed E-state index contributed by atoms with van der Waals surface area (Å²) in [4.78, 5) is 12.3. The van der Waals surface area contributed by atoms with Crippen molar-refractivity contribution in [2.24, 2.45) is 5.41 Å². The Morgan fingerprint density at radius 3 is 2.39 bits per heavy atom. The van der Waals surface area contributed by atoms with Gasteiger partial charge in [0, 0.05) is 5.92 Å². The van der Waals surface area contributed by atoms with Gasteiger partial charge in [-0.1, -0.05) is 54.6 Å². The van der Waals surface area contributed by atoms with Gasteiger partial charge in [-0.2, -0.15) is 0 Å². The molecule has 0 aliphatic heterocycles. The third kappa shape index (κ3) is 3.00. The van der Waals surface area contributed by atoms with Crippen LogP contribution < -0.4 is 4.74 Å². The molecule has 0 N–H and O–H groups in total. The Labute approximate surface area is 136 Å². The van der Waals surface area contributed by atoms with Gasteiger partial charge in [-0.25, -0.2) is 0 Å². The van der Waals surface area contributed by atoms with Crippen molar-refractivity contribution >= 4 is 12.0 Å². The standard InChI is InChI=1S/C20H20O3/c1-22-17-10-8-16(9-11-17)18-14-20(18,19(21)23-2)13-12-15-6-4-3-5-7-15/h3-13,18H,14H2,1-2H3/b13-12+/t18-,20+/m0/s1. The summed E-state index contributed by atoms with van der Waals surface area (Å²) in [7, 11) is 3.09. The molecule has 0 spiro atoms. The van der Waals surface area contributed by atoms with Gasteiger partial charge >= 0.3 is 5.97 Å². The van der Waals surface area contributed by atoms with Crippen molar-refractivity contribution < 1.29 is 14.3 Å². The topological polar surface area (TPSA) is 35.5 Å². The van der Waals surface area contributed by atoms with Gasteiger partial charge in [0.05, 0.1) is 19.6 Å². The molecular formula is C20H20O3. The average Bonchev–Trinajstić information content (AvgIpc) is 3.36. The van der Waals surface area contributed by atoms with Crippen LogP contribution in [-0.2, 0) is 9.53 Å². The number of hydrogen-bond donors (Lipinski definition) is 0. The van der Waals surface area contributed by atoms with Crippen molar-refractivity contribution in [2.45, 2.75) is 12.3 Å². The van der Waals surface area contributed by atoms with E-state index in [2.05, 4.69) is 0 Å². The molecule has 3 nitrogen and oxygen atoms in total. The highest BCUT2D eigenvalue weighted by Crippen LogP contribution is 2.61. The van der Waals surface area contributed by atoms with Crippen LogP contribution in [-0.4, -0.2) is 20.2 Å². The Morgan fingerprint density at radius 1 is 1.09 bits per heavy atom. The fourth-order valence-electron chi connectivity index (χ4n) is 3.01. The number of rotatable bonds is 5. The fraction of sp³-hybridized carbons (Fsp3) is 0.250. The van der Waals surface area contributed by atoms with Gasteiger partial charge in [-0.05, 0) is 29.7 Å². The molecule has 0 heterocycles. The number of methoxy groups -OCH3 is 2. The second kappa shape index (κ2) is 6.29. The number of esters is 1. The molecule has 1 saturated carbocycles. The Morgan fingerprint density at radius 2 is 1.78 bits per heavy atom. The predicted octanol–water partition coefficient (Wildman–Crippen LogP) is 4.06. The Kier molecular flexibility index (Phi) is 4.20. The molecule has 2 atom stereocenters. The predicted molar refractivity (Wildman–Crippen MR) is 90.3 cm³/mol. The van der Waals surface area contributed by atoms with Gasteiger partial charge in [0.2, 0.25) is 0 Å². The lowest BCUT2D eigenvalue weighted by Crippen LogP contribution is -2.17. The van der Waals surface area contributed by atoms with Gasteiger partial charge in [0.15, 0.2) is 0 Å². The molecule has 0 radical (unpaired) electrons. The smallest absolute Gasteiger partial charge is 0.316 e. The third-order valence-corrected chi connectivity index (χ3v) is 4.46. The molecule has 1 fully saturated rings. The zero-order chi connectivity index (χ0) is 16.3. The van der Waals surface area contributed by atoms with Gasteiger partial charge in [-0.3, -0.25) is 4.79 Å². The lowest BCUT2D eigenvalue weighted by Gasteiger charge is -2.11. The molecule has 0 bridgehead atoms. The van der Waals surface area contributed by atoms with Crippen molar-refractivity contribution in [1.82, 2.24) is 0 Å². The summed E-state index contributed by atoms with van der Waals surface area (Å²) in [6, 6.07) is 17.9. The second-order valence-corrected chi connectivity index (χ2v) is 5.81. The summed E-state index contributed by atoms with van der Waals surface area (Å²) in [5, 5.41) is 0. The van der Waals surface area contributed by atoms with E-state index in [1.54, 1.807) is 7.11 Å². The Bertz CT molecular complexity index is 703. The lowest BCUT2D eigenvalue weighted by atomic mass is 9.97. The van der Waals surface area contributed by atoms with Gasteiger partial charge < -0.3 is 9.47 Å². The first kappa shape index (κ1) is 15.3. The van der Waals surface area contributed by atoms with Crippen LogP contribution in [0.3, 0.4) is 0 Å². The van der Waals surface area contributed by atoms with Crippen molar-refractivity contribution in [1.29, 1.82) is 0 Å². The normalized spacial score (nSPS) is 22.8. The summed E-state index contributed by atoms with van der Waals surface area (Å²) >= 11 is 0. The summed E-state index contributed by atoms with van der Waals surface area (Å²) in [6.45, 7) is 0. The number of ether oxygens (including phenoxy) is 2. The molecule has 3 heteroatoms. The maximum atomic E-state index is 12.3. The van der Waals surface area contributed by atoms with Gasteiger partial charge in [0.1, 0.15) is 5.75 Å². The largest absolute Gasteiger partial charge is 0.497 e. The second-order valence-electron chi connectivity index (χ2n) is 5.81. The highest BCUT2D eigenvalue weighted by molar-refractivity contribution is 5.86. The van der Waals surface area contributed by atoms with E-state index in [4.69, 9.17) is 9.47 Å². The first-order valence-electron chi connectivity index (χ1n) is 7.66. The van der Waals surface area contributed by atoms with Crippen LogP contribution in [0.1, 0.15) is 23.5 Å². The SMILES string of the molecule is COC(=O)[C@]1(/C=C/c2ccccc2)C[C@H]1c1ccc(OC)cc1. The fourth-order valence-corrected chi connectivity index (χ4v) is 3.01. The number of carbonyl (C=O) groups is 1. The summed E-state index contributed by atoms with van der Waals surface area (Å²) in [5.41, 5.74) is 1.66. The molecule has 0 unspecified atom stereocenters. The van der Waals surface area contributed by atoms with Crippen LogP contribution in [0.25, 0.3) is 6.08 Å². The van der Waals surface area contributed by atoms with Crippen molar-refractivity contribution in [3.05, 3.63) is 71.8 Å². The molecule has 23 heavy (non-hydrogen) atoms. The van der Waals surface area contributed by atoms with E-state index in [1.165, 1.54) is 7.11 Å². The highest BCUT2D eigenvalue weighted by Gasteiger charge is 2.59.